The molecular weight excluding hydrogens is 312 g/mol. The molecule has 138 valence electrons. The number of aliphatic hydroxyl groups excluding tert-OH is 1. The SMILES string of the molecule is CC(C)NC[C@H](O)CO/N=C1\CCCCCC\C1=C/c1ccccc1. The van der Waals surface area contributed by atoms with Crippen molar-refractivity contribution in [2.75, 3.05) is 13.2 Å². The summed E-state index contributed by atoms with van der Waals surface area (Å²) in [6.45, 7) is 4.86. The lowest BCUT2D eigenvalue weighted by Gasteiger charge is -2.16. The maximum absolute atomic E-state index is 9.96. The van der Waals surface area contributed by atoms with Crippen molar-refractivity contribution in [3.8, 4) is 0 Å². The van der Waals surface area contributed by atoms with Gasteiger partial charge >= 0.3 is 0 Å². The summed E-state index contributed by atoms with van der Waals surface area (Å²) in [6.07, 6.45) is 8.53. The van der Waals surface area contributed by atoms with Crippen LogP contribution in [0.3, 0.4) is 0 Å². The van der Waals surface area contributed by atoms with E-state index in [9.17, 15) is 5.11 Å². The summed E-state index contributed by atoms with van der Waals surface area (Å²) in [5, 5.41) is 17.6. The van der Waals surface area contributed by atoms with Crippen LogP contribution in [-0.2, 0) is 4.84 Å². The van der Waals surface area contributed by atoms with Crippen molar-refractivity contribution in [2.24, 2.45) is 5.16 Å². The van der Waals surface area contributed by atoms with Gasteiger partial charge in [-0.2, -0.15) is 0 Å². The van der Waals surface area contributed by atoms with Gasteiger partial charge in [-0.15, -0.1) is 0 Å². The number of hydrogen-bond donors (Lipinski definition) is 2. The minimum atomic E-state index is -0.540. The number of rotatable bonds is 7. The number of aliphatic hydroxyl groups is 1. The van der Waals surface area contributed by atoms with Gasteiger partial charge in [-0.25, -0.2) is 0 Å². The van der Waals surface area contributed by atoms with Crippen LogP contribution < -0.4 is 5.32 Å². The van der Waals surface area contributed by atoms with E-state index in [4.69, 9.17) is 4.84 Å². The highest BCUT2D eigenvalue weighted by atomic mass is 16.6. The molecule has 0 amide bonds. The van der Waals surface area contributed by atoms with Crippen molar-refractivity contribution < 1.29 is 9.94 Å². The Morgan fingerprint density at radius 1 is 1.12 bits per heavy atom. The molecule has 2 rings (SSSR count). The molecule has 1 aromatic rings. The lowest BCUT2D eigenvalue weighted by molar-refractivity contribution is 0.0392. The minimum Gasteiger partial charge on any atom is -0.393 e. The number of benzene rings is 1. The van der Waals surface area contributed by atoms with Crippen LogP contribution in [0.1, 0.15) is 57.9 Å². The Labute approximate surface area is 152 Å². The normalized spacial score (nSPS) is 20.5. The second kappa shape index (κ2) is 11.1. The summed E-state index contributed by atoms with van der Waals surface area (Å²) >= 11 is 0. The molecule has 0 heterocycles. The Morgan fingerprint density at radius 2 is 1.84 bits per heavy atom. The molecule has 1 atom stereocenters. The van der Waals surface area contributed by atoms with Crippen LogP contribution in [0.25, 0.3) is 6.08 Å². The molecule has 1 saturated carbocycles. The van der Waals surface area contributed by atoms with Gasteiger partial charge in [0.2, 0.25) is 0 Å². The monoisotopic (exact) mass is 344 g/mol. The van der Waals surface area contributed by atoms with Crippen LogP contribution in [0.2, 0.25) is 0 Å². The molecule has 1 aliphatic carbocycles. The van der Waals surface area contributed by atoms with E-state index >= 15 is 0 Å². The highest BCUT2D eigenvalue weighted by Crippen LogP contribution is 2.22. The summed E-state index contributed by atoms with van der Waals surface area (Å²) in [4.78, 5) is 5.49. The first-order chi connectivity index (χ1) is 12.1. The smallest absolute Gasteiger partial charge is 0.144 e. The highest BCUT2D eigenvalue weighted by molar-refractivity contribution is 6.03. The third kappa shape index (κ3) is 7.84. The molecule has 0 saturated heterocycles. The van der Waals surface area contributed by atoms with Crippen LogP contribution >= 0.6 is 0 Å². The third-order valence-corrected chi connectivity index (χ3v) is 4.32. The van der Waals surface area contributed by atoms with E-state index in [-0.39, 0.29) is 6.61 Å². The highest BCUT2D eigenvalue weighted by Gasteiger charge is 2.13. The Balaban J connectivity index is 2.00. The lowest BCUT2D eigenvalue weighted by atomic mass is 9.93. The van der Waals surface area contributed by atoms with Crippen LogP contribution in [0, 0.1) is 0 Å². The van der Waals surface area contributed by atoms with Gasteiger partial charge in [-0.05, 0) is 42.9 Å². The standard InChI is InChI=1S/C21H32N2O2/c1-17(2)22-15-20(24)16-25-23-21-13-9-4-3-8-12-19(21)14-18-10-6-5-7-11-18/h5-7,10-11,14,17,20,22,24H,3-4,8-9,12-13,15-16H2,1-2H3/b19-14+,23-21+/t20-/m0/s1. The van der Waals surface area contributed by atoms with Crippen molar-refractivity contribution >= 4 is 11.8 Å². The molecule has 0 spiro atoms. The van der Waals surface area contributed by atoms with E-state index in [0.717, 1.165) is 25.0 Å². The topological polar surface area (TPSA) is 53.8 Å². The number of nitrogens with one attached hydrogen (secondary N) is 1. The van der Waals surface area contributed by atoms with Crippen molar-refractivity contribution in [1.82, 2.24) is 5.32 Å². The molecule has 25 heavy (non-hydrogen) atoms. The van der Waals surface area contributed by atoms with Crippen LogP contribution in [0.4, 0.5) is 0 Å². The van der Waals surface area contributed by atoms with Gasteiger partial charge in [-0.1, -0.05) is 62.2 Å². The van der Waals surface area contributed by atoms with Gasteiger partial charge < -0.3 is 15.3 Å². The summed E-state index contributed by atoms with van der Waals surface area (Å²) in [5.41, 5.74) is 3.50. The molecule has 4 nitrogen and oxygen atoms in total. The molecule has 0 aliphatic heterocycles. The van der Waals surface area contributed by atoms with Crippen molar-refractivity contribution in [2.45, 2.75) is 64.5 Å². The van der Waals surface area contributed by atoms with Crippen LogP contribution in [0.15, 0.2) is 41.1 Å². The van der Waals surface area contributed by atoms with Crippen molar-refractivity contribution in [1.29, 1.82) is 0 Å². The first kappa shape index (κ1) is 19.7. The number of hydrogen-bond acceptors (Lipinski definition) is 4. The van der Waals surface area contributed by atoms with Crippen molar-refractivity contribution in [3.63, 3.8) is 0 Å². The predicted molar refractivity (Wildman–Crippen MR) is 105 cm³/mol. The summed E-state index contributed by atoms with van der Waals surface area (Å²) in [7, 11) is 0. The summed E-state index contributed by atoms with van der Waals surface area (Å²) in [6, 6.07) is 10.7. The molecular formula is C21H32N2O2. The maximum Gasteiger partial charge on any atom is 0.144 e. The number of nitrogens with zero attached hydrogens (tertiary/aromatic N) is 1. The van der Waals surface area contributed by atoms with E-state index in [1.165, 1.54) is 30.4 Å². The van der Waals surface area contributed by atoms with Gasteiger partial charge in [-0.3, -0.25) is 0 Å². The largest absolute Gasteiger partial charge is 0.393 e. The van der Waals surface area contributed by atoms with Crippen molar-refractivity contribution in [3.05, 3.63) is 41.5 Å². The third-order valence-electron chi connectivity index (χ3n) is 4.32. The number of oxime groups is 1. The van der Waals surface area contributed by atoms with Crippen LogP contribution in [0.5, 0.6) is 0 Å². The minimum absolute atomic E-state index is 0.224. The molecule has 0 bridgehead atoms. The van der Waals surface area contributed by atoms with Gasteiger partial charge in [0, 0.05) is 12.6 Å². The van der Waals surface area contributed by atoms with E-state index in [1.54, 1.807) is 0 Å². The zero-order chi connectivity index (χ0) is 17.9. The Kier molecular flexibility index (Phi) is 8.70. The zero-order valence-electron chi connectivity index (χ0n) is 15.6. The van der Waals surface area contributed by atoms with Gasteiger partial charge in [0.05, 0.1) is 5.71 Å². The summed E-state index contributed by atoms with van der Waals surface area (Å²) < 4.78 is 0. The van der Waals surface area contributed by atoms with E-state index in [2.05, 4.69) is 54.7 Å². The number of allylic oxidation sites excluding steroid dienone is 1. The molecule has 4 heteroatoms. The first-order valence-corrected chi connectivity index (χ1v) is 9.51. The average Bonchev–Trinajstić information content (AvgIpc) is 2.59. The summed E-state index contributed by atoms with van der Waals surface area (Å²) in [5.74, 6) is 0. The first-order valence-electron chi connectivity index (χ1n) is 9.51. The molecule has 1 fully saturated rings. The molecule has 0 aromatic heterocycles. The quantitative estimate of drug-likeness (QED) is 0.731. The Bertz CT molecular complexity index is 552. The molecule has 2 N–H and O–H groups in total. The molecule has 0 radical (unpaired) electrons. The van der Waals surface area contributed by atoms with E-state index in [1.807, 2.05) is 6.07 Å². The fourth-order valence-corrected chi connectivity index (χ4v) is 2.91. The Morgan fingerprint density at radius 3 is 2.56 bits per heavy atom. The lowest BCUT2D eigenvalue weighted by Crippen LogP contribution is -2.34. The second-order valence-electron chi connectivity index (χ2n) is 7.04. The van der Waals surface area contributed by atoms with E-state index in [0.29, 0.717) is 12.6 Å². The van der Waals surface area contributed by atoms with Crippen LogP contribution in [-0.4, -0.2) is 36.1 Å². The average molecular weight is 344 g/mol. The van der Waals surface area contributed by atoms with Gasteiger partial charge in [0.15, 0.2) is 0 Å². The zero-order valence-corrected chi connectivity index (χ0v) is 15.6. The Hall–Kier alpha value is -1.65. The van der Waals surface area contributed by atoms with E-state index < -0.39 is 6.10 Å². The van der Waals surface area contributed by atoms with Gasteiger partial charge in [0.25, 0.3) is 0 Å². The molecule has 1 aromatic carbocycles. The fourth-order valence-electron chi connectivity index (χ4n) is 2.91. The molecule has 1 aliphatic rings. The predicted octanol–water partition coefficient (Wildman–Crippen LogP) is 4.16. The van der Waals surface area contributed by atoms with Gasteiger partial charge in [0.1, 0.15) is 12.7 Å². The molecule has 0 unspecified atom stereocenters. The second-order valence-corrected chi connectivity index (χ2v) is 7.04. The fraction of sp³-hybridized carbons (Fsp3) is 0.571. The maximum atomic E-state index is 9.96.